The van der Waals surface area contributed by atoms with Gasteiger partial charge in [-0.3, -0.25) is 0 Å². The number of aliphatic hydroxyl groups excluding tert-OH is 2. The molecule has 0 aromatic carbocycles. The normalized spacial score (nSPS) is 29.4. The Morgan fingerprint density at radius 1 is 1.50 bits per heavy atom. The van der Waals surface area contributed by atoms with Crippen LogP contribution in [0.4, 0.5) is 0 Å². The van der Waals surface area contributed by atoms with Gasteiger partial charge in [0.1, 0.15) is 0 Å². The van der Waals surface area contributed by atoms with Crippen molar-refractivity contribution in [1.82, 2.24) is 5.32 Å². The highest BCUT2D eigenvalue weighted by Gasteiger charge is 2.24. The molecule has 0 spiro atoms. The van der Waals surface area contributed by atoms with Gasteiger partial charge in [0.25, 0.3) is 0 Å². The van der Waals surface area contributed by atoms with Crippen molar-refractivity contribution >= 4 is 11.8 Å². The van der Waals surface area contributed by atoms with Crippen LogP contribution in [0, 0.1) is 0 Å². The lowest BCUT2D eigenvalue weighted by Gasteiger charge is -2.15. The van der Waals surface area contributed by atoms with Gasteiger partial charge in [-0.15, -0.1) is 0 Å². The number of hydrogen-bond donors (Lipinski definition) is 3. The highest BCUT2D eigenvalue weighted by Crippen LogP contribution is 2.29. The van der Waals surface area contributed by atoms with Gasteiger partial charge in [-0.25, -0.2) is 0 Å². The third-order valence-electron chi connectivity index (χ3n) is 2.64. The first kappa shape index (κ1) is 12.3. The summed E-state index contributed by atoms with van der Waals surface area (Å²) >= 11 is 2.03. The van der Waals surface area contributed by atoms with Gasteiger partial charge in [-0.2, -0.15) is 11.8 Å². The second kappa shape index (κ2) is 6.67. The highest BCUT2D eigenvalue weighted by molar-refractivity contribution is 7.99. The van der Waals surface area contributed by atoms with E-state index in [1.807, 2.05) is 11.8 Å². The maximum absolute atomic E-state index is 9.17. The van der Waals surface area contributed by atoms with E-state index < -0.39 is 6.10 Å². The Hall–Kier alpha value is 0.230. The molecule has 14 heavy (non-hydrogen) atoms. The Morgan fingerprint density at radius 3 is 2.93 bits per heavy atom. The zero-order chi connectivity index (χ0) is 10.4. The van der Waals surface area contributed by atoms with Crippen LogP contribution >= 0.6 is 11.8 Å². The van der Waals surface area contributed by atoms with Crippen LogP contribution in [0.25, 0.3) is 0 Å². The molecule has 0 bridgehead atoms. The van der Waals surface area contributed by atoms with Crippen molar-refractivity contribution in [3.63, 3.8) is 0 Å². The third kappa shape index (κ3) is 4.17. The molecule has 0 aromatic rings. The summed E-state index contributed by atoms with van der Waals surface area (Å²) in [5.74, 6) is 1.19. The van der Waals surface area contributed by atoms with Crippen molar-refractivity contribution in [3.05, 3.63) is 0 Å². The molecule has 0 radical (unpaired) electrons. The van der Waals surface area contributed by atoms with Crippen LogP contribution in [0.15, 0.2) is 0 Å². The molecule has 1 aliphatic rings. The van der Waals surface area contributed by atoms with Crippen molar-refractivity contribution in [1.29, 1.82) is 0 Å². The zero-order valence-electron chi connectivity index (χ0n) is 8.78. The van der Waals surface area contributed by atoms with E-state index in [-0.39, 0.29) is 6.61 Å². The Bertz CT molecular complexity index is 157. The van der Waals surface area contributed by atoms with Crippen molar-refractivity contribution in [2.24, 2.45) is 0 Å². The third-order valence-corrected chi connectivity index (χ3v) is 3.87. The molecule has 0 amide bonds. The molecule has 0 aliphatic heterocycles. The van der Waals surface area contributed by atoms with Gasteiger partial charge in [-0.05, 0) is 25.0 Å². The van der Waals surface area contributed by atoms with Crippen LogP contribution in [0.3, 0.4) is 0 Å². The molecule has 0 heterocycles. The lowest BCUT2D eigenvalue weighted by Crippen LogP contribution is -2.35. The Balaban J connectivity index is 2.09. The van der Waals surface area contributed by atoms with Crippen molar-refractivity contribution in [2.45, 2.75) is 43.6 Å². The van der Waals surface area contributed by atoms with Crippen LogP contribution < -0.4 is 5.32 Å². The van der Waals surface area contributed by atoms with E-state index in [0.717, 1.165) is 5.25 Å². The summed E-state index contributed by atoms with van der Waals surface area (Å²) in [5.41, 5.74) is 0. The summed E-state index contributed by atoms with van der Waals surface area (Å²) in [5, 5.41) is 21.9. The fraction of sp³-hybridized carbons (Fsp3) is 1.00. The molecule has 1 fully saturated rings. The number of hydrogen-bond acceptors (Lipinski definition) is 4. The summed E-state index contributed by atoms with van der Waals surface area (Å²) in [6.07, 6.45) is 3.09. The molecule has 84 valence electrons. The summed E-state index contributed by atoms with van der Waals surface area (Å²) in [6, 6.07) is 0.542. The molecular formula is C10H21NO2S. The molecule has 1 rings (SSSR count). The van der Waals surface area contributed by atoms with Crippen LogP contribution in [-0.4, -0.2) is 46.5 Å². The minimum atomic E-state index is -0.604. The first-order chi connectivity index (χ1) is 6.76. The van der Waals surface area contributed by atoms with Gasteiger partial charge < -0.3 is 15.5 Å². The second-order valence-corrected chi connectivity index (χ2v) is 5.41. The Morgan fingerprint density at radius 2 is 2.29 bits per heavy atom. The fourth-order valence-corrected chi connectivity index (χ4v) is 3.02. The van der Waals surface area contributed by atoms with E-state index in [0.29, 0.717) is 12.6 Å². The SMILES string of the molecule is CCSC1CCC(NCC(O)CO)C1. The summed E-state index contributed by atoms with van der Waals surface area (Å²) in [7, 11) is 0. The van der Waals surface area contributed by atoms with Gasteiger partial charge in [-0.1, -0.05) is 6.92 Å². The molecule has 4 heteroatoms. The van der Waals surface area contributed by atoms with E-state index in [2.05, 4.69) is 12.2 Å². The average Bonchev–Trinajstić information content (AvgIpc) is 2.63. The van der Waals surface area contributed by atoms with Crippen LogP contribution in [-0.2, 0) is 0 Å². The molecule has 0 saturated heterocycles. The van der Waals surface area contributed by atoms with Gasteiger partial charge in [0.05, 0.1) is 12.7 Å². The molecule has 3 unspecified atom stereocenters. The monoisotopic (exact) mass is 219 g/mol. The number of nitrogens with one attached hydrogen (secondary N) is 1. The predicted molar refractivity (Wildman–Crippen MR) is 60.7 cm³/mol. The first-order valence-electron chi connectivity index (χ1n) is 5.40. The maximum Gasteiger partial charge on any atom is 0.0895 e. The van der Waals surface area contributed by atoms with Crippen LogP contribution in [0.1, 0.15) is 26.2 Å². The lowest BCUT2D eigenvalue weighted by molar-refractivity contribution is 0.0920. The van der Waals surface area contributed by atoms with Gasteiger partial charge in [0.15, 0.2) is 0 Å². The summed E-state index contributed by atoms with van der Waals surface area (Å²) in [4.78, 5) is 0. The second-order valence-electron chi connectivity index (χ2n) is 3.83. The zero-order valence-corrected chi connectivity index (χ0v) is 9.59. The molecule has 3 N–H and O–H groups in total. The minimum absolute atomic E-state index is 0.146. The smallest absolute Gasteiger partial charge is 0.0895 e. The molecule has 1 aliphatic carbocycles. The van der Waals surface area contributed by atoms with Crippen molar-refractivity contribution in [3.8, 4) is 0 Å². The molecule has 0 aromatic heterocycles. The van der Waals surface area contributed by atoms with Crippen LogP contribution in [0.5, 0.6) is 0 Å². The molecule has 3 atom stereocenters. The van der Waals surface area contributed by atoms with Crippen LogP contribution in [0.2, 0.25) is 0 Å². The fourth-order valence-electron chi connectivity index (χ4n) is 1.88. The summed E-state index contributed by atoms with van der Waals surface area (Å²) in [6.45, 7) is 2.57. The highest BCUT2D eigenvalue weighted by atomic mass is 32.2. The Labute approximate surface area is 90.3 Å². The van der Waals surface area contributed by atoms with E-state index in [1.54, 1.807) is 0 Å². The number of thioether (sulfide) groups is 1. The largest absolute Gasteiger partial charge is 0.394 e. The molecular weight excluding hydrogens is 198 g/mol. The van der Waals surface area contributed by atoms with Gasteiger partial charge in [0, 0.05) is 17.8 Å². The van der Waals surface area contributed by atoms with Gasteiger partial charge in [0.2, 0.25) is 0 Å². The van der Waals surface area contributed by atoms with Crippen molar-refractivity contribution < 1.29 is 10.2 Å². The predicted octanol–water partition coefficient (Wildman–Crippen LogP) is 0.603. The lowest BCUT2D eigenvalue weighted by atomic mass is 10.2. The van der Waals surface area contributed by atoms with Gasteiger partial charge >= 0.3 is 0 Å². The number of aliphatic hydroxyl groups is 2. The number of rotatable bonds is 6. The van der Waals surface area contributed by atoms with E-state index >= 15 is 0 Å². The Kier molecular flexibility index (Phi) is 5.86. The quantitative estimate of drug-likeness (QED) is 0.612. The van der Waals surface area contributed by atoms with E-state index in [9.17, 15) is 0 Å². The minimum Gasteiger partial charge on any atom is -0.394 e. The first-order valence-corrected chi connectivity index (χ1v) is 6.45. The van der Waals surface area contributed by atoms with E-state index in [1.165, 1.54) is 25.0 Å². The maximum atomic E-state index is 9.17. The average molecular weight is 219 g/mol. The standard InChI is InChI=1S/C10H21NO2S/c1-2-14-10-4-3-8(5-10)11-6-9(13)7-12/h8-13H,2-7H2,1H3. The van der Waals surface area contributed by atoms with E-state index in [4.69, 9.17) is 10.2 Å². The molecule has 3 nitrogen and oxygen atoms in total. The summed E-state index contributed by atoms with van der Waals surface area (Å²) < 4.78 is 0. The topological polar surface area (TPSA) is 52.5 Å². The van der Waals surface area contributed by atoms with Crippen molar-refractivity contribution in [2.75, 3.05) is 18.9 Å². The molecule has 1 saturated carbocycles.